The minimum atomic E-state index is -0.420. The van der Waals surface area contributed by atoms with Gasteiger partial charge >= 0.3 is 0 Å². The van der Waals surface area contributed by atoms with E-state index in [4.69, 9.17) is 16.3 Å². The highest BCUT2D eigenvalue weighted by molar-refractivity contribution is 6.35. The highest BCUT2D eigenvalue weighted by Crippen LogP contribution is 2.28. The second kappa shape index (κ2) is 5.20. The number of β-amino-alcohol motifs (C(OH)–C–C–N with tert-alkyl or cyclic N) is 1. The molecule has 7 heteroatoms. The molecule has 2 atom stereocenters. The maximum absolute atomic E-state index is 9.94. The Bertz CT molecular complexity index is 630. The molecule has 108 valence electrons. The average Bonchev–Trinajstić information content (AvgIpc) is 2.80. The summed E-state index contributed by atoms with van der Waals surface area (Å²) in [6.45, 7) is 1.23. The quantitative estimate of drug-likeness (QED) is 0.902. The zero-order valence-corrected chi connectivity index (χ0v) is 12.2. The molecule has 1 saturated heterocycles. The maximum atomic E-state index is 9.94. The number of rotatable bonds is 2. The first-order valence-electron chi connectivity index (χ1n) is 6.52. The Balaban J connectivity index is 1.98. The second-order valence-corrected chi connectivity index (χ2v) is 5.53. The molecule has 0 aromatic carbocycles. The Morgan fingerprint density at radius 3 is 3.00 bits per heavy atom. The van der Waals surface area contributed by atoms with Crippen LogP contribution in [0.5, 0.6) is 0 Å². The van der Waals surface area contributed by atoms with E-state index < -0.39 is 6.10 Å². The summed E-state index contributed by atoms with van der Waals surface area (Å²) in [5, 5.41) is 15.6. The van der Waals surface area contributed by atoms with Crippen molar-refractivity contribution in [2.45, 2.75) is 18.6 Å². The van der Waals surface area contributed by atoms with Crippen LogP contribution in [0.2, 0.25) is 5.02 Å². The lowest BCUT2D eigenvalue weighted by Crippen LogP contribution is -2.46. The van der Waals surface area contributed by atoms with E-state index in [2.05, 4.69) is 10.1 Å². The molecule has 1 aliphatic rings. The third-order valence-electron chi connectivity index (χ3n) is 3.69. The van der Waals surface area contributed by atoms with E-state index in [9.17, 15) is 5.11 Å². The molecule has 0 radical (unpaired) electrons. The van der Waals surface area contributed by atoms with Crippen molar-refractivity contribution in [3.63, 3.8) is 0 Å². The number of hydrogen-bond donors (Lipinski definition) is 1. The molecule has 0 amide bonds. The molecule has 0 saturated carbocycles. The van der Waals surface area contributed by atoms with Crippen molar-refractivity contribution >= 4 is 28.5 Å². The lowest BCUT2D eigenvalue weighted by Gasteiger charge is -2.35. The van der Waals surface area contributed by atoms with Crippen LogP contribution in [0, 0.1) is 0 Å². The summed E-state index contributed by atoms with van der Waals surface area (Å²) in [4.78, 5) is 6.60. The number of aryl methyl sites for hydroxylation is 1. The van der Waals surface area contributed by atoms with E-state index >= 15 is 0 Å². The molecule has 0 unspecified atom stereocenters. The molecule has 20 heavy (non-hydrogen) atoms. The summed E-state index contributed by atoms with van der Waals surface area (Å²) < 4.78 is 7.05. The summed E-state index contributed by atoms with van der Waals surface area (Å²) >= 11 is 6.29. The van der Waals surface area contributed by atoms with Crippen molar-refractivity contribution in [2.24, 2.45) is 7.05 Å². The van der Waals surface area contributed by atoms with Crippen molar-refractivity contribution in [1.29, 1.82) is 0 Å². The highest BCUT2D eigenvalue weighted by Gasteiger charge is 2.27. The van der Waals surface area contributed by atoms with Crippen LogP contribution in [0.15, 0.2) is 12.3 Å². The van der Waals surface area contributed by atoms with Crippen LogP contribution >= 0.6 is 11.6 Å². The lowest BCUT2D eigenvalue weighted by molar-refractivity contribution is 0.0327. The van der Waals surface area contributed by atoms with Gasteiger partial charge in [0.15, 0.2) is 5.65 Å². The van der Waals surface area contributed by atoms with Crippen LogP contribution in [-0.4, -0.2) is 52.3 Å². The normalized spacial score (nSPS) is 23.5. The molecule has 2 aromatic heterocycles. The molecule has 3 rings (SSSR count). The molecule has 1 fully saturated rings. The second-order valence-electron chi connectivity index (χ2n) is 5.12. The van der Waals surface area contributed by atoms with Crippen molar-refractivity contribution in [3.05, 3.63) is 17.3 Å². The van der Waals surface area contributed by atoms with Crippen molar-refractivity contribution < 1.29 is 9.84 Å². The summed E-state index contributed by atoms with van der Waals surface area (Å²) in [5.74, 6) is 0.743. The molecule has 0 spiro atoms. The maximum Gasteiger partial charge on any atom is 0.161 e. The molecule has 1 aliphatic heterocycles. The van der Waals surface area contributed by atoms with E-state index in [1.165, 1.54) is 0 Å². The van der Waals surface area contributed by atoms with Crippen LogP contribution in [0.25, 0.3) is 11.0 Å². The van der Waals surface area contributed by atoms with Gasteiger partial charge in [-0.25, -0.2) is 4.98 Å². The van der Waals surface area contributed by atoms with Gasteiger partial charge in [-0.3, -0.25) is 4.68 Å². The van der Waals surface area contributed by atoms with Gasteiger partial charge in [-0.05, 0) is 0 Å². The molecule has 0 aliphatic carbocycles. The third kappa shape index (κ3) is 2.34. The number of aromatic nitrogens is 3. The monoisotopic (exact) mass is 296 g/mol. The topological polar surface area (TPSA) is 63.4 Å². The number of hydrogen-bond acceptors (Lipinski definition) is 5. The van der Waals surface area contributed by atoms with E-state index in [0.717, 1.165) is 16.9 Å². The number of anilines is 1. The number of aliphatic hydroxyl groups is 1. The first-order valence-corrected chi connectivity index (χ1v) is 6.90. The van der Waals surface area contributed by atoms with Gasteiger partial charge in [0.2, 0.25) is 0 Å². The SMILES string of the molecule is CO[C@@H]1C[C@@H](O)CN(c2cc(Cl)c3cnn(C)c3n2)C1. The Kier molecular flexibility index (Phi) is 3.54. The summed E-state index contributed by atoms with van der Waals surface area (Å²) in [5.41, 5.74) is 0.738. The molecule has 3 heterocycles. The minimum absolute atomic E-state index is 0.00144. The summed E-state index contributed by atoms with van der Waals surface area (Å²) in [7, 11) is 3.49. The Morgan fingerprint density at radius 1 is 1.45 bits per heavy atom. The summed E-state index contributed by atoms with van der Waals surface area (Å²) in [6, 6.07) is 1.82. The minimum Gasteiger partial charge on any atom is -0.391 e. The zero-order valence-electron chi connectivity index (χ0n) is 11.5. The van der Waals surface area contributed by atoms with E-state index in [-0.39, 0.29) is 6.10 Å². The molecule has 1 N–H and O–H groups in total. The molecule has 6 nitrogen and oxygen atoms in total. The van der Waals surface area contributed by atoms with Crippen molar-refractivity contribution in [1.82, 2.24) is 14.8 Å². The number of methoxy groups -OCH3 is 1. The number of nitrogens with zero attached hydrogens (tertiary/aromatic N) is 4. The van der Waals surface area contributed by atoms with Crippen LogP contribution in [-0.2, 0) is 11.8 Å². The van der Waals surface area contributed by atoms with Gasteiger partial charge in [0, 0.05) is 39.7 Å². The molecular weight excluding hydrogens is 280 g/mol. The Labute approximate surface area is 121 Å². The van der Waals surface area contributed by atoms with Gasteiger partial charge in [0.05, 0.1) is 28.8 Å². The standard InChI is InChI=1S/C13H17ClN4O2/c1-17-13-10(5-15-17)11(14)4-12(16-13)18-6-8(19)3-9(7-18)20-2/h4-5,8-9,19H,3,6-7H2,1-2H3/t8-,9-/m1/s1. The van der Waals surface area contributed by atoms with E-state index in [1.807, 2.05) is 18.0 Å². The first-order chi connectivity index (χ1) is 9.58. The van der Waals surface area contributed by atoms with Gasteiger partial charge in [0.25, 0.3) is 0 Å². The highest BCUT2D eigenvalue weighted by atomic mass is 35.5. The van der Waals surface area contributed by atoms with Crippen molar-refractivity contribution in [2.75, 3.05) is 25.1 Å². The number of piperidine rings is 1. The van der Waals surface area contributed by atoms with Crippen LogP contribution < -0.4 is 4.90 Å². The van der Waals surface area contributed by atoms with Gasteiger partial charge < -0.3 is 14.7 Å². The fraction of sp³-hybridized carbons (Fsp3) is 0.538. The van der Waals surface area contributed by atoms with Crippen LogP contribution in [0.1, 0.15) is 6.42 Å². The van der Waals surface area contributed by atoms with Crippen LogP contribution in [0.3, 0.4) is 0 Å². The fourth-order valence-electron chi connectivity index (χ4n) is 2.61. The molecular formula is C13H17ClN4O2. The van der Waals surface area contributed by atoms with E-state index in [1.54, 1.807) is 18.0 Å². The average molecular weight is 297 g/mol. The largest absolute Gasteiger partial charge is 0.391 e. The number of ether oxygens (including phenoxy) is 1. The van der Waals surface area contributed by atoms with Gasteiger partial charge in [-0.2, -0.15) is 5.10 Å². The Morgan fingerprint density at radius 2 is 2.25 bits per heavy atom. The zero-order chi connectivity index (χ0) is 14.3. The summed E-state index contributed by atoms with van der Waals surface area (Å²) in [6.07, 6.45) is 1.93. The Hall–Kier alpha value is -1.37. The molecule has 2 aromatic rings. The van der Waals surface area contributed by atoms with Crippen LogP contribution in [0.4, 0.5) is 5.82 Å². The predicted octanol–water partition coefficient (Wildman–Crippen LogP) is 1.21. The van der Waals surface area contributed by atoms with Gasteiger partial charge in [0.1, 0.15) is 5.82 Å². The van der Waals surface area contributed by atoms with Gasteiger partial charge in [-0.1, -0.05) is 11.6 Å². The smallest absolute Gasteiger partial charge is 0.161 e. The first kappa shape index (κ1) is 13.6. The third-order valence-corrected chi connectivity index (χ3v) is 4.00. The predicted molar refractivity (Wildman–Crippen MR) is 77.2 cm³/mol. The number of halogens is 1. The number of fused-ring (bicyclic) bond motifs is 1. The lowest BCUT2D eigenvalue weighted by atomic mass is 10.1. The number of pyridine rings is 1. The molecule has 0 bridgehead atoms. The van der Waals surface area contributed by atoms with Crippen molar-refractivity contribution in [3.8, 4) is 0 Å². The fourth-order valence-corrected chi connectivity index (χ4v) is 2.84. The van der Waals surface area contributed by atoms with Gasteiger partial charge in [-0.15, -0.1) is 0 Å². The van der Waals surface area contributed by atoms with E-state index in [0.29, 0.717) is 24.5 Å². The number of aliphatic hydroxyl groups excluding tert-OH is 1.